The van der Waals surface area contributed by atoms with Gasteiger partial charge in [0.1, 0.15) is 17.3 Å². The van der Waals surface area contributed by atoms with Crippen molar-refractivity contribution in [3.8, 4) is 0 Å². The van der Waals surface area contributed by atoms with E-state index in [1.54, 1.807) is 16.8 Å². The number of nitrogens with zero attached hydrogens (tertiary/aromatic N) is 5. The van der Waals surface area contributed by atoms with E-state index in [0.29, 0.717) is 16.7 Å². The average molecular weight is 297 g/mol. The Balaban J connectivity index is 1.89. The van der Waals surface area contributed by atoms with Gasteiger partial charge >= 0.3 is 0 Å². The van der Waals surface area contributed by atoms with Gasteiger partial charge in [-0.1, -0.05) is 29.8 Å². The van der Waals surface area contributed by atoms with Gasteiger partial charge in [-0.25, -0.2) is 0 Å². The molecule has 0 aliphatic rings. The summed E-state index contributed by atoms with van der Waals surface area (Å²) >= 11 is 6.02. The monoisotopic (exact) mass is 296 g/mol. The zero-order valence-corrected chi connectivity index (χ0v) is 11.5. The topological polar surface area (TPSA) is 68.0 Å². The molecular formula is C14H9ClN6. The molecular weight excluding hydrogens is 288 g/mol. The van der Waals surface area contributed by atoms with Gasteiger partial charge in [0.2, 0.25) is 0 Å². The first-order valence-electron chi connectivity index (χ1n) is 6.28. The molecule has 0 radical (unpaired) electrons. The third-order valence-electron chi connectivity index (χ3n) is 3.12. The van der Waals surface area contributed by atoms with Crippen molar-refractivity contribution >= 4 is 39.8 Å². The van der Waals surface area contributed by atoms with E-state index < -0.39 is 0 Å². The number of hydrogen-bond acceptors (Lipinski definition) is 5. The Bertz CT molecular complexity index is 943. The summed E-state index contributed by atoms with van der Waals surface area (Å²) in [7, 11) is 0. The molecule has 1 aromatic carbocycles. The first-order valence-corrected chi connectivity index (χ1v) is 6.66. The van der Waals surface area contributed by atoms with Crippen molar-refractivity contribution < 1.29 is 0 Å². The number of fused-ring (bicyclic) bond motifs is 2. The molecule has 0 aliphatic carbocycles. The van der Waals surface area contributed by atoms with Gasteiger partial charge < -0.3 is 5.32 Å². The van der Waals surface area contributed by atoms with E-state index in [9.17, 15) is 0 Å². The second-order valence-corrected chi connectivity index (χ2v) is 4.83. The number of halogens is 1. The van der Waals surface area contributed by atoms with Crippen LogP contribution in [0.4, 0.5) is 11.5 Å². The van der Waals surface area contributed by atoms with Crippen molar-refractivity contribution in [3.05, 3.63) is 54.1 Å². The standard InChI is InChI=1S/C14H9ClN6/c15-11-7-12(21-14(20-11)17-8-18-21)19-10-5-1-3-9-4-2-6-16-13(9)10/h1-8,19H. The molecule has 0 atom stereocenters. The van der Waals surface area contributed by atoms with Crippen LogP contribution >= 0.6 is 11.6 Å². The van der Waals surface area contributed by atoms with Crippen molar-refractivity contribution in [3.63, 3.8) is 0 Å². The molecule has 7 heteroatoms. The number of benzene rings is 1. The molecule has 0 unspecified atom stereocenters. The molecule has 0 saturated heterocycles. The normalized spacial score (nSPS) is 11.1. The lowest BCUT2D eigenvalue weighted by molar-refractivity contribution is 0.947. The number of pyridine rings is 1. The Morgan fingerprint density at radius 3 is 2.95 bits per heavy atom. The zero-order valence-electron chi connectivity index (χ0n) is 10.7. The van der Waals surface area contributed by atoms with Crippen LogP contribution in [0, 0.1) is 0 Å². The van der Waals surface area contributed by atoms with E-state index in [1.165, 1.54) is 6.33 Å². The Labute approximate surface area is 124 Å². The maximum atomic E-state index is 6.02. The second kappa shape index (κ2) is 4.68. The molecule has 3 heterocycles. The highest BCUT2D eigenvalue weighted by Gasteiger charge is 2.08. The predicted molar refractivity (Wildman–Crippen MR) is 80.8 cm³/mol. The van der Waals surface area contributed by atoms with Crippen LogP contribution in [-0.4, -0.2) is 24.6 Å². The third-order valence-corrected chi connectivity index (χ3v) is 3.31. The van der Waals surface area contributed by atoms with Crippen molar-refractivity contribution in [2.24, 2.45) is 0 Å². The molecule has 0 aliphatic heterocycles. The number of para-hydroxylation sites is 1. The van der Waals surface area contributed by atoms with Gasteiger partial charge in [0.25, 0.3) is 5.78 Å². The van der Waals surface area contributed by atoms with Gasteiger partial charge in [0.05, 0.1) is 11.2 Å². The van der Waals surface area contributed by atoms with Gasteiger partial charge in [-0.3, -0.25) is 4.98 Å². The summed E-state index contributed by atoms with van der Waals surface area (Å²) in [5.41, 5.74) is 1.74. The molecule has 4 aromatic rings. The predicted octanol–water partition coefficient (Wildman–Crippen LogP) is 3.07. The molecule has 21 heavy (non-hydrogen) atoms. The van der Waals surface area contributed by atoms with Gasteiger partial charge in [-0.2, -0.15) is 19.6 Å². The summed E-state index contributed by atoms with van der Waals surface area (Å²) in [6.07, 6.45) is 3.20. The average Bonchev–Trinajstić information content (AvgIpc) is 2.96. The first-order chi connectivity index (χ1) is 10.3. The number of anilines is 2. The van der Waals surface area contributed by atoms with Crippen molar-refractivity contribution in [1.82, 2.24) is 24.6 Å². The SMILES string of the molecule is Clc1cc(Nc2cccc3cccnc23)n2ncnc2n1. The quantitative estimate of drug-likeness (QED) is 0.576. The fourth-order valence-electron chi connectivity index (χ4n) is 2.22. The number of aromatic nitrogens is 5. The highest BCUT2D eigenvalue weighted by atomic mass is 35.5. The summed E-state index contributed by atoms with van der Waals surface area (Å²) in [5.74, 6) is 1.12. The lowest BCUT2D eigenvalue weighted by Crippen LogP contribution is -2.02. The fraction of sp³-hybridized carbons (Fsp3) is 0. The summed E-state index contributed by atoms with van der Waals surface area (Å²) in [4.78, 5) is 12.6. The highest BCUT2D eigenvalue weighted by Crippen LogP contribution is 2.25. The van der Waals surface area contributed by atoms with Gasteiger partial charge in [-0.15, -0.1) is 0 Å². The van der Waals surface area contributed by atoms with Crippen molar-refractivity contribution in [1.29, 1.82) is 0 Å². The van der Waals surface area contributed by atoms with Crippen LogP contribution in [0.1, 0.15) is 0 Å². The molecule has 102 valence electrons. The van der Waals surface area contributed by atoms with Crippen LogP contribution in [0.25, 0.3) is 16.7 Å². The Morgan fingerprint density at radius 2 is 2.00 bits per heavy atom. The molecule has 0 spiro atoms. The number of hydrogen-bond donors (Lipinski definition) is 1. The van der Waals surface area contributed by atoms with E-state index >= 15 is 0 Å². The number of rotatable bonds is 2. The molecule has 6 nitrogen and oxygen atoms in total. The van der Waals surface area contributed by atoms with Gasteiger partial charge in [0.15, 0.2) is 0 Å². The Hall–Kier alpha value is -2.73. The van der Waals surface area contributed by atoms with E-state index in [-0.39, 0.29) is 0 Å². The summed E-state index contributed by atoms with van der Waals surface area (Å²) in [6, 6.07) is 11.5. The van der Waals surface area contributed by atoms with Crippen LogP contribution in [0.3, 0.4) is 0 Å². The second-order valence-electron chi connectivity index (χ2n) is 4.44. The van der Waals surface area contributed by atoms with Crippen LogP contribution in [0.15, 0.2) is 48.9 Å². The summed E-state index contributed by atoms with van der Waals surface area (Å²) < 4.78 is 1.59. The summed E-state index contributed by atoms with van der Waals surface area (Å²) in [5, 5.41) is 8.83. The Morgan fingerprint density at radius 1 is 1.10 bits per heavy atom. The molecule has 0 fully saturated rings. The van der Waals surface area contributed by atoms with E-state index in [1.807, 2.05) is 30.3 Å². The maximum Gasteiger partial charge on any atom is 0.255 e. The first kappa shape index (κ1) is 12.0. The molecule has 1 N–H and O–H groups in total. The van der Waals surface area contributed by atoms with Crippen molar-refractivity contribution in [2.45, 2.75) is 0 Å². The fourth-order valence-corrected chi connectivity index (χ4v) is 2.39. The lowest BCUT2D eigenvalue weighted by atomic mass is 10.2. The smallest absolute Gasteiger partial charge is 0.255 e. The van der Waals surface area contributed by atoms with Crippen molar-refractivity contribution in [2.75, 3.05) is 5.32 Å². The van der Waals surface area contributed by atoms with Gasteiger partial charge in [0, 0.05) is 17.6 Å². The minimum absolute atomic E-state index is 0.353. The lowest BCUT2D eigenvalue weighted by Gasteiger charge is -2.10. The summed E-state index contributed by atoms with van der Waals surface area (Å²) in [6.45, 7) is 0. The molecule has 0 saturated carbocycles. The van der Waals surface area contributed by atoms with Crippen LogP contribution < -0.4 is 5.32 Å². The largest absolute Gasteiger partial charge is 0.338 e. The zero-order chi connectivity index (χ0) is 14.2. The van der Waals surface area contributed by atoms with E-state index in [0.717, 1.165) is 16.6 Å². The Kier molecular flexibility index (Phi) is 2.68. The van der Waals surface area contributed by atoms with Crippen LogP contribution in [0.2, 0.25) is 5.15 Å². The number of nitrogens with one attached hydrogen (secondary N) is 1. The minimum Gasteiger partial charge on any atom is -0.338 e. The van der Waals surface area contributed by atoms with E-state index in [4.69, 9.17) is 11.6 Å². The molecule has 0 bridgehead atoms. The molecule has 3 aromatic heterocycles. The van der Waals surface area contributed by atoms with E-state index in [2.05, 4.69) is 25.4 Å². The van der Waals surface area contributed by atoms with Crippen LogP contribution in [-0.2, 0) is 0 Å². The van der Waals surface area contributed by atoms with Gasteiger partial charge in [-0.05, 0) is 12.1 Å². The maximum absolute atomic E-state index is 6.02. The molecule has 4 rings (SSSR count). The minimum atomic E-state index is 0.353. The molecule has 0 amide bonds. The third kappa shape index (κ3) is 2.05. The highest BCUT2D eigenvalue weighted by molar-refractivity contribution is 6.29. The van der Waals surface area contributed by atoms with Crippen LogP contribution in [0.5, 0.6) is 0 Å².